The molecule has 2 rings (SSSR count). The molecule has 2 aromatic rings. The third-order valence-electron chi connectivity index (χ3n) is 2.18. The van der Waals surface area contributed by atoms with Crippen molar-refractivity contribution in [1.29, 1.82) is 0 Å². The summed E-state index contributed by atoms with van der Waals surface area (Å²) in [6, 6.07) is 5.55. The molecule has 14 heavy (non-hydrogen) atoms. The lowest BCUT2D eigenvalue weighted by Crippen LogP contribution is -1.93. The van der Waals surface area contributed by atoms with E-state index in [1.807, 2.05) is 0 Å². The smallest absolute Gasteiger partial charge is 0.169 e. The molecule has 0 saturated carbocycles. The number of fused-ring (bicyclic) bond motifs is 1. The second kappa shape index (κ2) is 3.01. The maximum atomic E-state index is 13.3. The van der Waals surface area contributed by atoms with E-state index in [9.17, 15) is 13.2 Å². The van der Waals surface area contributed by atoms with Crippen LogP contribution in [0.25, 0.3) is 10.8 Å². The molecule has 0 radical (unpaired) electrons. The maximum absolute atomic E-state index is 13.3. The first-order chi connectivity index (χ1) is 6.61. The molecule has 0 saturated heterocycles. The highest BCUT2D eigenvalue weighted by atomic mass is 19.2. The molecule has 0 bridgehead atoms. The van der Waals surface area contributed by atoms with Gasteiger partial charge in [0.15, 0.2) is 11.6 Å². The van der Waals surface area contributed by atoms with Crippen molar-refractivity contribution in [3.8, 4) is 0 Å². The summed E-state index contributed by atoms with van der Waals surface area (Å²) in [6.45, 7) is 1.45. The van der Waals surface area contributed by atoms with Crippen molar-refractivity contribution >= 4 is 10.8 Å². The second-order valence-electron chi connectivity index (χ2n) is 3.16. The largest absolute Gasteiger partial charge is 0.206 e. The van der Waals surface area contributed by atoms with Crippen molar-refractivity contribution in [2.75, 3.05) is 0 Å². The highest BCUT2D eigenvalue weighted by molar-refractivity contribution is 5.84. The Balaban J connectivity index is 2.99. The molecular formula is C11H7F3. The molecular weight excluding hydrogens is 189 g/mol. The first kappa shape index (κ1) is 9.06. The molecule has 2 aromatic carbocycles. The Morgan fingerprint density at radius 3 is 2.43 bits per heavy atom. The lowest BCUT2D eigenvalue weighted by molar-refractivity contribution is 0.506. The van der Waals surface area contributed by atoms with Gasteiger partial charge < -0.3 is 0 Å². The van der Waals surface area contributed by atoms with E-state index in [0.29, 0.717) is 5.39 Å². The minimum Gasteiger partial charge on any atom is -0.206 e. The summed E-state index contributed by atoms with van der Waals surface area (Å²) < 4.78 is 39.6. The van der Waals surface area contributed by atoms with Crippen LogP contribution in [0.5, 0.6) is 0 Å². The number of hydrogen-bond donors (Lipinski definition) is 0. The van der Waals surface area contributed by atoms with E-state index in [1.165, 1.54) is 19.1 Å². The molecule has 0 amide bonds. The van der Waals surface area contributed by atoms with Crippen molar-refractivity contribution in [3.63, 3.8) is 0 Å². The van der Waals surface area contributed by atoms with Crippen molar-refractivity contribution in [2.45, 2.75) is 6.92 Å². The Kier molecular flexibility index (Phi) is 1.95. The van der Waals surface area contributed by atoms with Crippen LogP contribution in [0.15, 0.2) is 24.3 Å². The van der Waals surface area contributed by atoms with Crippen LogP contribution in [0.4, 0.5) is 13.2 Å². The Morgan fingerprint density at radius 1 is 1.00 bits per heavy atom. The summed E-state index contributed by atoms with van der Waals surface area (Å²) >= 11 is 0. The van der Waals surface area contributed by atoms with Crippen molar-refractivity contribution in [1.82, 2.24) is 0 Å². The molecule has 72 valence electrons. The fourth-order valence-electron chi connectivity index (χ4n) is 1.47. The van der Waals surface area contributed by atoms with Gasteiger partial charge in [-0.05, 0) is 30.0 Å². The summed E-state index contributed by atoms with van der Waals surface area (Å²) in [5.41, 5.74) is 0.181. The SMILES string of the molecule is Cc1cc2cccc(F)c2c(F)c1F. The third kappa shape index (κ3) is 1.16. The van der Waals surface area contributed by atoms with E-state index < -0.39 is 17.5 Å². The predicted octanol–water partition coefficient (Wildman–Crippen LogP) is 3.57. The van der Waals surface area contributed by atoms with Crippen LogP contribution in [0.1, 0.15) is 5.56 Å². The van der Waals surface area contributed by atoms with Gasteiger partial charge in [-0.15, -0.1) is 0 Å². The van der Waals surface area contributed by atoms with Crippen LogP contribution in [0, 0.1) is 24.4 Å². The molecule has 0 unspecified atom stereocenters. The molecule has 0 aliphatic heterocycles. The number of aryl methyl sites for hydroxylation is 1. The molecule has 0 aromatic heterocycles. The number of hydrogen-bond acceptors (Lipinski definition) is 0. The van der Waals surface area contributed by atoms with E-state index in [1.54, 1.807) is 6.07 Å². The van der Waals surface area contributed by atoms with Crippen LogP contribution in [0.2, 0.25) is 0 Å². The Hall–Kier alpha value is -1.51. The molecule has 0 spiro atoms. The van der Waals surface area contributed by atoms with Gasteiger partial charge in [0.25, 0.3) is 0 Å². The number of benzene rings is 2. The van der Waals surface area contributed by atoms with Gasteiger partial charge in [0, 0.05) is 0 Å². The van der Waals surface area contributed by atoms with E-state index >= 15 is 0 Å². The Morgan fingerprint density at radius 2 is 1.71 bits per heavy atom. The minimum atomic E-state index is -1.11. The Labute approximate surface area is 79.0 Å². The molecule has 0 N–H and O–H groups in total. The van der Waals surface area contributed by atoms with Crippen molar-refractivity contribution < 1.29 is 13.2 Å². The average Bonchev–Trinajstić information content (AvgIpc) is 2.14. The summed E-state index contributed by atoms with van der Waals surface area (Å²) in [4.78, 5) is 0. The highest BCUT2D eigenvalue weighted by Gasteiger charge is 2.13. The van der Waals surface area contributed by atoms with Gasteiger partial charge in [0.05, 0.1) is 5.39 Å². The lowest BCUT2D eigenvalue weighted by Gasteiger charge is -2.04. The van der Waals surface area contributed by atoms with E-state index in [2.05, 4.69) is 0 Å². The fraction of sp³-hybridized carbons (Fsp3) is 0.0909. The molecule has 0 fully saturated rings. The van der Waals surface area contributed by atoms with Crippen LogP contribution >= 0.6 is 0 Å². The zero-order chi connectivity index (χ0) is 10.3. The predicted molar refractivity (Wildman–Crippen MR) is 48.6 cm³/mol. The van der Waals surface area contributed by atoms with Gasteiger partial charge in [0.2, 0.25) is 0 Å². The number of rotatable bonds is 0. The van der Waals surface area contributed by atoms with Gasteiger partial charge in [0.1, 0.15) is 5.82 Å². The first-order valence-electron chi connectivity index (χ1n) is 4.14. The van der Waals surface area contributed by atoms with Crippen molar-refractivity contribution in [3.05, 3.63) is 47.3 Å². The number of halogens is 3. The van der Waals surface area contributed by atoms with E-state index in [-0.39, 0.29) is 10.9 Å². The van der Waals surface area contributed by atoms with Gasteiger partial charge in [-0.25, -0.2) is 13.2 Å². The van der Waals surface area contributed by atoms with E-state index in [4.69, 9.17) is 0 Å². The van der Waals surface area contributed by atoms with Gasteiger partial charge in [-0.2, -0.15) is 0 Å². The quantitative estimate of drug-likeness (QED) is 0.604. The standard InChI is InChI=1S/C11H7F3/c1-6-5-7-3-2-4-8(12)9(7)11(14)10(6)13/h2-5H,1H3. The summed E-state index contributed by atoms with van der Waals surface area (Å²) in [7, 11) is 0. The third-order valence-corrected chi connectivity index (χ3v) is 2.18. The topological polar surface area (TPSA) is 0 Å². The van der Waals surface area contributed by atoms with E-state index in [0.717, 1.165) is 6.07 Å². The molecule has 0 aliphatic carbocycles. The van der Waals surface area contributed by atoms with Crippen molar-refractivity contribution in [2.24, 2.45) is 0 Å². The molecule has 0 nitrogen and oxygen atoms in total. The maximum Gasteiger partial charge on any atom is 0.169 e. The summed E-state index contributed by atoms with van der Waals surface area (Å²) in [6.07, 6.45) is 0. The van der Waals surface area contributed by atoms with Crippen LogP contribution in [-0.4, -0.2) is 0 Å². The fourth-order valence-corrected chi connectivity index (χ4v) is 1.47. The first-order valence-corrected chi connectivity index (χ1v) is 4.14. The zero-order valence-electron chi connectivity index (χ0n) is 7.44. The normalized spacial score (nSPS) is 10.9. The van der Waals surface area contributed by atoms with Gasteiger partial charge in [-0.1, -0.05) is 12.1 Å². The summed E-state index contributed by atoms with van der Waals surface area (Å²) in [5, 5.41) is 0.0944. The molecule has 0 aliphatic rings. The molecule has 3 heteroatoms. The van der Waals surface area contributed by atoms with Crippen LogP contribution < -0.4 is 0 Å². The minimum absolute atomic E-state index is 0.181. The second-order valence-corrected chi connectivity index (χ2v) is 3.16. The summed E-state index contributed by atoms with van der Waals surface area (Å²) in [5.74, 6) is -2.83. The van der Waals surface area contributed by atoms with Crippen LogP contribution in [-0.2, 0) is 0 Å². The Bertz CT molecular complexity index is 503. The van der Waals surface area contributed by atoms with Crippen LogP contribution in [0.3, 0.4) is 0 Å². The zero-order valence-corrected chi connectivity index (χ0v) is 7.44. The molecule has 0 atom stereocenters. The lowest BCUT2D eigenvalue weighted by atomic mass is 10.1. The highest BCUT2D eigenvalue weighted by Crippen LogP contribution is 2.25. The van der Waals surface area contributed by atoms with Gasteiger partial charge in [-0.3, -0.25) is 0 Å². The average molecular weight is 196 g/mol. The van der Waals surface area contributed by atoms with Gasteiger partial charge >= 0.3 is 0 Å². The molecule has 0 heterocycles. The monoisotopic (exact) mass is 196 g/mol.